The predicted octanol–water partition coefficient (Wildman–Crippen LogP) is 3.22. The lowest BCUT2D eigenvalue weighted by Crippen LogP contribution is -2.21. The van der Waals surface area contributed by atoms with Crippen molar-refractivity contribution in [3.05, 3.63) is 49.7 Å². The Morgan fingerprint density at radius 1 is 1.40 bits per heavy atom. The third kappa shape index (κ3) is 3.97. The van der Waals surface area contributed by atoms with Crippen LogP contribution in [0.1, 0.15) is 5.76 Å². The van der Waals surface area contributed by atoms with Crippen LogP contribution in [0.25, 0.3) is 0 Å². The van der Waals surface area contributed by atoms with Gasteiger partial charge in [-0.3, -0.25) is 4.79 Å². The van der Waals surface area contributed by atoms with Crippen LogP contribution in [-0.4, -0.2) is 18.3 Å². The van der Waals surface area contributed by atoms with E-state index in [1.165, 1.54) is 6.07 Å². The van der Waals surface area contributed by atoms with Crippen LogP contribution < -0.4 is 10.9 Å². The minimum absolute atomic E-state index is 0.0453. The molecule has 0 bridgehead atoms. The first-order valence-corrected chi connectivity index (χ1v) is 7.56. The minimum Gasteiger partial charge on any atom is -0.451 e. The van der Waals surface area contributed by atoms with Crippen molar-refractivity contribution < 1.29 is 9.15 Å². The summed E-state index contributed by atoms with van der Waals surface area (Å²) < 4.78 is 13.6. The number of hydrogen-bond donors (Lipinski definition) is 1. The van der Waals surface area contributed by atoms with Crippen molar-refractivity contribution in [1.82, 2.24) is 4.57 Å². The van der Waals surface area contributed by atoms with Crippen molar-refractivity contribution in [3.8, 4) is 0 Å². The van der Waals surface area contributed by atoms with Crippen molar-refractivity contribution in [2.45, 2.75) is 13.1 Å². The summed E-state index contributed by atoms with van der Waals surface area (Å²) in [7, 11) is 1.61. The Labute approximate surface area is 133 Å². The Bertz CT molecular complexity index is 617. The molecule has 0 unspecified atom stereocenters. The van der Waals surface area contributed by atoms with Crippen LogP contribution in [0.2, 0.25) is 0 Å². The molecule has 1 N–H and O–H groups in total. The molecule has 5 nitrogen and oxygen atoms in total. The van der Waals surface area contributed by atoms with Crippen LogP contribution in [0.5, 0.6) is 0 Å². The number of pyridine rings is 1. The summed E-state index contributed by atoms with van der Waals surface area (Å²) in [6.07, 6.45) is 1.77. The van der Waals surface area contributed by atoms with E-state index in [-0.39, 0.29) is 5.56 Å². The number of methoxy groups -OCH3 is 1. The SMILES string of the molecule is COCCn1cc(NCc2cc(Br)c(Br)o2)ccc1=O. The summed E-state index contributed by atoms with van der Waals surface area (Å²) in [5.74, 6) is 0.790. The van der Waals surface area contributed by atoms with Gasteiger partial charge in [0.05, 0.1) is 23.3 Å². The summed E-state index contributed by atoms with van der Waals surface area (Å²) in [4.78, 5) is 11.6. The highest BCUT2D eigenvalue weighted by molar-refractivity contribution is 9.13. The highest BCUT2D eigenvalue weighted by Gasteiger charge is 2.06. The number of rotatable bonds is 6. The molecule has 2 heterocycles. The Hall–Kier alpha value is -1.05. The van der Waals surface area contributed by atoms with Gasteiger partial charge in [0.2, 0.25) is 0 Å². The van der Waals surface area contributed by atoms with Gasteiger partial charge in [0.1, 0.15) is 5.76 Å². The van der Waals surface area contributed by atoms with Crippen molar-refractivity contribution in [3.63, 3.8) is 0 Å². The normalized spacial score (nSPS) is 10.8. The van der Waals surface area contributed by atoms with Crippen molar-refractivity contribution in [2.24, 2.45) is 0 Å². The summed E-state index contributed by atoms with van der Waals surface area (Å²) in [6, 6.07) is 5.17. The molecular formula is C13H14Br2N2O3. The third-order valence-electron chi connectivity index (χ3n) is 2.68. The van der Waals surface area contributed by atoms with Gasteiger partial charge in [0.25, 0.3) is 5.56 Å². The van der Waals surface area contributed by atoms with E-state index in [0.29, 0.717) is 24.4 Å². The van der Waals surface area contributed by atoms with E-state index in [1.807, 2.05) is 6.07 Å². The standard InChI is InChI=1S/C13H14Br2N2O3/c1-19-5-4-17-8-9(2-3-12(17)18)16-7-10-6-11(14)13(15)20-10/h2-3,6,8,16H,4-5,7H2,1H3. The van der Waals surface area contributed by atoms with E-state index in [2.05, 4.69) is 37.2 Å². The maximum Gasteiger partial charge on any atom is 0.250 e. The van der Waals surface area contributed by atoms with Crippen LogP contribution in [-0.2, 0) is 17.8 Å². The van der Waals surface area contributed by atoms with Crippen LogP contribution >= 0.6 is 31.9 Å². The molecule has 7 heteroatoms. The molecule has 108 valence electrons. The summed E-state index contributed by atoms with van der Waals surface area (Å²) >= 11 is 6.66. The fourth-order valence-corrected chi connectivity index (χ4v) is 2.33. The molecule has 0 aromatic carbocycles. The van der Waals surface area contributed by atoms with Crippen LogP contribution in [0.4, 0.5) is 5.69 Å². The van der Waals surface area contributed by atoms with E-state index >= 15 is 0 Å². The molecule has 0 aliphatic heterocycles. The first-order valence-electron chi connectivity index (χ1n) is 5.97. The summed E-state index contributed by atoms with van der Waals surface area (Å²) in [5, 5.41) is 3.21. The minimum atomic E-state index is -0.0453. The Balaban J connectivity index is 2.04. The van der Waals surface area contributed by atoms with Gasteiger partial charge in [-0.1, -0.05) is 0 Å². The smallest absolute Gasteiger partial charge is 0.250 e. The van der Waals surface area contributed by atoms with Gasteiger partial charge in [-0.2, -0.15) is 0 Å². The highest BCUT2D eigenvalue weighted by atomic mass is 79.9. The number of ether oxygens (including phenoxy) is 1. The van der Waals surface area contributed by atoms with Crippen molar-refractivity contribution in [2.75, 3.05) is 19.0 Å². The molecule has 2 aromatic rings. The van der Waals surface area contributed by atoms with Gasteiger partial charge < -0.3 is 19.0 Å². The molecule has 0 atom stereocenters. The molecule has 0 radical (unpaired) electrons. The van der Waals surface area contributed by atoms with Crippen LogP contribution in [0.15, 0.2) is 42.7 Å². The van der Waals surface area contributed by atoms with Gasteiger partial charge in [-0.15, -0.1) is 0 Å². The lowest BCUT2D eigenvalue weighted by molar-refractivity contribution is 0.186. The lowest BCUT2D eigenvalue weighted by Gasteiger charge is -2.09. The molecule has 0 aliphatic rings. The molecule has 0 amide bonds. The zero-order valence-corrected chi connectivity index (χ0v) is 14.0. The molecular weight excluding hydrogens is 392 g/mol. The molecule has 0 aliphatic carbocycles. The zero-order chi connectivity index (χ0) is 14.5. The Morgan fingerprint density at radius 3 is 2.85 bits per heavy atom. The van der Waals surface area contributed by atoms with E-state index in [4.69, 9.17) is 9.15 Å². The Morgan fingerprint density at radius 2 is 2.20 bits per heavy atom. The predicted molar refractivity (Wildman–Crippen MR) is 84.0 cm³/mol. The van der Waals surface area contributed by atoms with E-state index in [0.717, 1.165) is 15.9 Å². The van der Waals surface area contributed by atoms with E-state index in [9.17, 15) is 4.79 Å². The number of aromatic nitrogens is 1. The van der Waals surface area contributed by atoms with E-state index in [1.54, 1.807) is 23.9 Å². The number of hydrogen-bond acceptors (Lipinski definition) is 4. The second-order valence-corrected chi connectivity index (χ2v) is 5.70. The number of nitrogens with one attached hydrogen (secondary N) is 1. The fourth-order valence-electron chi connectivity index (χ4n) is 1.67. The van der Waals surface area contributed by atoms with Crippen LogP contribution in [0, 0.1) is 0 Å². The fraction of sp³-hybridized carbons (Fsp3) is 0.308. The van der Waals surface area contributed by atoms with Gasteiger partial charge in [0.15, 0.2) is 4.67 Å². The highest BCUT2D eigenvalue weighted by Crippen LogP contribution is 2.27. The topological polar surface area (TPSA) is 56.4 Å². The van der Waals surface area contributed by atoms with E-state index < -0.39 is 0 Å². The maximum atomic E-state index is 11.6. The average molecular weight is 406 g/mol. The number of halogens is 2. The third-order valence-corrected chi connectivity index (χ3v) is 4.39. The molecule has 0 spiro atoms. The van der Waals surface area contributed by atoms with Crippen molar-refractivity contribution in [1.29, 1.82) is 0 Å². The summed E-state index contributed by atoms with van der Waals surface area (Å²) in [6.45, 7) is 1.57. The number of nitrogens with zero attached hydrogens (tertiary/aromatic N) is 1. The summed E-state index contributed by atoms with van der Waals surface area (Å²) in [5.41, 5.74) is 0.806. The zero-order valence-electron chi connectivity index (χ0n) is 10.9. The quantitative estimate of drug-likeness (QED) is 0.801. The first-order chi connectivity index (χ1) is 9.60. The molecule has 0 fully saturated rings. The van der Waals surface area contributed by atoms with Crippen LogP contribution in [0.3, 0.4) is 0 Å². The molecule has 2 aromatic heterocycles. The Kier molecular flexibility index (Phi) is 5.45. The lowest BCUT2D eigenvalue weighted by atomic mass is 10.3. The molecule has 0 saturated heterocycles. The second kappa shape index (κ2) is 7.10. The molecule has 0 saturated carbocycles. The largest absolute Gasteiger partial charge is 0.451 e. The molecule has 2 rings (SSSR count). The first kappa shape index (κ1) is 15.3. The monoisotopic (exact) mass is 404 g/mol. The van der Waals surface area contributed by atoms with Gasteiger partial charge in [0, 0.05) is 25.9 Å². The van der Waals surface area contributed by atoms with Gasteiger partial charge in [-0.05, 0) is 44.0 Å². The van der Waals surface area contributed by atoms with Gasteiger partial charge in [-0.25, -0.2) is 0 Å². The average Bonchev–Trinajstić information content (AvgIpc) is 2.75. The number of furan rings is 1. The maximum absolute atomic E-state index is 11.6. The van der Waals surface area contributed by atoms with Crippen molar-refractivity contribution >= 4 is 37.5 Å². The second-order valence-electron chi connectivity index (χ2n) is 4.13. The van der Waals surface area contributed by atoms with Gasteiger partial charge >= 0.3 is 0 Å². The molecule has 20 heavy (non-hydrogen) atoms. The number of anilines is 1.